The predicted molar refractivity (Wildman–Crippen MR) is 83.3 cm³/mol. The number of hydrogen-bond acceptors (Lipinski definition) is 3. The summed E-state index contributed by atoms with van der Waals surface area (Å²) >= 11 is 0. The number of anilines is 1. The summed E-state index contributed by atoms with van der Waals surface area (Å²) < 4.78 is 5.16. The van der Waals surface area contributed by atoms with E-state index in [9.17, 15) is 9.59 Å². The Morgan fingerprint density at radius 3 is 2.43 bits per heavy atom. The van der Waals surface area contributed by atoms with Crippen LogP contribution in [0.15, 0.2) is 43.5 Å². The van der Waals surface area contributed by atoms with E-state index >= 15 is 0 Å². The van der Waals surface area contributed by atoms with Crippen molar-refractivity contribution in [3.63, 3.8) is 0 Å². The highest BCUT2D eigenvalue weighted by Crippen LogP contribution is 2.25. The van der Waals surface area contributed by atoms with Crippen LogP contribution in [0.3, 0.4) is 0 Å². The molecule has 0 bridgehead atoms. The molecule has 1 rings (SSSR count). The number of carbonyl (C=O) groups is 2. The molecule has 1 aromatic rings. The van der Waals surface area contributed by atoms with Crippen LogP contribution in [-0.2, 0) is 9.59 Å². The molecular formula is C16H20N2O3. The smallest absolute Gasteiger partial charge is 0.314 e. The van der Waals surface area contributed by atoms with Crippen LogP contribution in [0, 0.1) is 6.92 Å². The highest BCUT2D eigenvalue weighted by atomic mass is 16.5. The lowest BCUT2D eigenvalue weighted by Gasteiger charge is -2.19. The van der Waals surface area contributed by atoms with Crippen molar-refractivity contribution in [1.29, 1.82) is 0 Å². The van der Waals surface area contributed by atoms with E-state index < -0.39 is 11.8 Å². The maximum Gasteiger partial charge on any atom is 0.314 e. The molecule has 0 aromatic heterocycles. The SMILES string of the molecule is C=CCN(CC=C)C(=O)C(=O)Nc1cc(C)ccc1OC. The average molecular weight is 288 g/mol. The Bertz CT molecular complexity index is 542. The molecule has 2 amide bonds. The highest BCUT2D eigenvalue weighted by molar-refractivity contribution is 6.39. The van der Waals surface area contributed by atoms with Gasteiger partial charge in [0, 0.05) is 13.1 Å². The summed E-state index contributed by atoms with van der Waals surface area (Å²) in [6.45, 7) is 9.58. The monoisotopic (exact) mass is 288 g/mol. The third-order valence-electron chi connectivity index (χ3n) is 2.78. The Morgan fingerprint density at radius 1 is 1.29 bits per heavy atom. The first kappa shape index (κ1) is 16.5. The van der Waals surface area contributed by atoms with Crippen molar-refractivity contribution in [3.05, 3.63) is 49.1 Å². The molecule has 21 heavy (non-hydrogen) atoms. The van der Waals surface area contributed by atoms with Crippen LogP contribution >= 0.6 is 0 Å². The van der Waals surface area contributed by atoms with E-state index in [1.165, 1.54) is 12.0 Å². The molecule has 0 aliphatic rings. The first-order valence-electron chi connectivity index (χ1n) is 6.50. The van der Waals surface area contributed by atoms with Crippen molar-refractivity contribution in [2.24, 2.45) is 0 Å². The molecule has 5 heteroatoms. The minimum absolute atomic E-state index is 0.281. The Kier molecular flexibility index (Phi) is 6.20. The normalized spacial score (nSPS) is 9.62. The van der Waals surface area contributed by atoms with Gasteiger partial charge in [0.1, 0.15) is 5.75 Å². The highest BCUT2D eigenvalue weighted by Gasteiger charge is 2.21. The van der Waals surface area contributed by atoms with Crippen LogP contribution in [0.1, 0.15) is 5.56 Å². The second kappa shape index (κ2) is 7.89. The number of hydrogen-bond donors (Lipinski definition) is 1. The van der Waals surface area contributed by atoms with Crippen LogP contribution in [0.5, 0.6) is 5.75 Å². The number of rotatable bonds is 6. The van der Waals surface area contributed by atoms with Gasteiger partial charge in [-0.2, -0.15) is 0 Å². The molecule has 0 aliphatic carbocycles. The van der Waals surface area contributed by atoms with Crippen molar-refractivity contribution < 1.29 is 14.3 Å². The van der Waals surface area contributed by atoms with Crippen molar-refractivity contribution >= 4 is 17.5 Å². The number of methoxy groups -OCH3 is 1. The fraction of sp³-hybridized carbons (Fsp3) is 0.250. The zero-order chi connectivity index (χ0) is 15.8. The lowest BCUT2D eigenvalue weighted by Crippen LogP contribution is -2.39. The van der Waals surface area contributed by atoms with E-state index in [1.807, 2.05) is 13.0 Å². The summed E-state index contributed by atoms with van der Waals surface area (Å²) in [5.41, 5.74) is 1.42. The van der Waals surface area contributed by atoms with Gasteiger partial charge in [0.2, 0.25) is 0 Å². The van der Waals surface area contributed by atoms with E-state index in [4.69, 9.17) is 4.74 Å². The fourth-order valence-corrected chi connectivity index (χ4v) is 1.79. The third-order valence-corrected chi connectivity index (χ3v) is 2.78. The molecule has 0 fully saturated rings. The lowest BCUT2D eigenvalue weighted by atomic mass is 10.2. The summed E-state index contributed by atoms with van der Waals surface area (Å²) in [4.78, 5) is 25.5. The van der Waals surface area contributed by atoms with Crippen LogP contribution < -0.4 is 10.1 Å². The van der Waals surface area contributed by atoms with Gasteiger partial charge in [-0.3, -0.25) is 9.59 Å². The first-order valence-corrected chi connectivity index (χ1v) is 6.50. The minimum Gasteiger partial charge on any atom is -0.495 e. The summed E-state index contributed by atoms with van der Waals surface area (Å²) in [6, 6.07) is 5.34. The maximum atomic E-state index is 12.1. The summed E-state index contributed by atoms with van der Waals surface area (Å²) in [7, 11) is 1.50. The standard InChI is InChI=1S/C16H20N2O3/c1-5-9-18(10-6-2)16(20)15(19)17-13-11-12(3)7-8-14(13)21-4/h5-8,11H,1-2,9-10H2,3-4H3,(H,17,19). The van der Waals surface area contributed by atoms with Gasteiger partial charge < -0.3 is 15.0 Å². The molecule has 1 N–H and O–H groups in total. The number of aryl methyl sites for hydroxylation is 1. The molecule has 0 atom stereocenters. The molecule has 0 heterocycles. The number of nitrogens with zero attached hydrogens (tertiary/aromatic N) is 1. The van der Waals surface area contributed by atoms with E-state index in [0.717, 1.165) is 5.56 Å². The minimum atomic E-state index is -0.720. The van der Waals surface area contributed by atoms with Crippen LogP contribution in [0.4, 0.5) is 5.69 Å². The Balaban J connectivity index is 2.89. The second-order valence-electron chi connectivity index (χ2n) is 4.45. The molecule has 112 valence electrons. The molecular weight excluding hydrogens is 268 g/mol. The fourth-order valence-electron chi connectivity index (χ4n) is 1.79. The molecule has 5 nitrogen and oxygen atoms in total. The topological polar surface area (TPSA) is 58.6 Å². The lowest BCUT2D eigenvalue weighted by molar-refractivity contribution is -0.142. The molecule has 0 unspecified atom stereocenters. The number of nitrogens with one attached hydrogen (secondary N) is 1. The second-order valence-corrected chi connectivity index (χ2v) is 4.45. The number of ether oxygens (including phenoxy) is 1. The van der Waals surface area contributed by atoms with E-state index in [-0.39, 0.29) is 13.1 Å². The first-order chi connectivity index (χ1) is 10.0. The van der Waals surface area contributed by atoms with Crippen LogP contribution in [-0.4, -0.2) is 36.9 Å². The number of carbonyl (C=O) groups excluding carboxylic acids is 2. The summed E-state index contributed by atoms with van der Waals surface area (Å²) in [6.07, 6.45) is 3.11. The van der Waals surface area contributed by atoms with E-state index in [1.54, 1.807) is 24.3 Å². The van der Waals surface area contributed by atoms with Crippen molar-refractivity contribution in [3.8, 4) is 5.75 Å². The summed E-state index contributed by atoms with van der Waals surface area (Å²) in [5, 5.41) is 2.58. The average Bonchev–Trinajstić information content (AvgIpc) is 2.46. The van der Waals surface area contributed by atoms with Crippen molar-refractivity contribution in [2.45, 2.75) is 6.92 Å². The van der Waals surface area contributed by atoms with Gasteiger partial charge in [-0.05, 0) is 24.6 Å². The Labute approximate surface area is 124 Å². The van der Waals surface area contributed by atoms with Gasteiger partial charge >= 0.3 is 11.8 Å². The third kappa shape index (κ3) is 4.49. The van der Waals surface area contributed by atoms with E-state index in [0.29, 0.717) is 11.4 Å². The molecule has 0 saturated carbocycles. The van der Waals surface area contributed by atoms with Gasteiger partial charge in [0.05, 0.1) is 12.8 Å². The number of amides is 2. The number of benzene rings is 1. The molecule has 0 spiro atoms. The van der Waals surface area contributed by atoms with Gasteiger partial charge in [-0.15, -0.1) is 13.2 Å². The molecule has 1 aromatic carbocycles. The van der Waals surface area contributed by atoms with E-state index in [2.05, 4.69) is 18.5 Å². The Hall–Kier alpha value is -2.56. The Morgan fingerprint density at radius 2 is 1.90 bits per heavy atom. The predicted octanol–water partition coefficient (Wildman–Crippen LogP) is 2.14. The largest absolute Gasteiger partial charge is 0.495 e. The van der Waals surface area contributed by atoms with Crippen LogP contribution in [0.25, 0.3) is 0 Å². The van der Waals surface area contributed by atoms with Crippen molar-refractivity contribution in [1.82, 2.24) is 4.90 Å². The van der Waals surface area contributed by atoms with Crippen LogP contribution in [0.2, 0.25) is 0 Å². The van der Waals surface area contributed by atoms with Gasteiger partial charge in [-0.1, -0.05) is 18.2 Å². The van der Waals surface area contributed by atoms with Gasteiger partial charge in [0.15, 0.2) is 0 Å². The van der Waals surface area contributed by atoms with Gasteiger partial charge in [0.25, 0.3) is 0 Å². The maximum absolute atomic E-state index is 12.1. The zero-order valence-corrected chi connectivity index (χ0v) is 12.4. The molecule has 0 radical (unpaired) electrons. The molecule has 0 saturated heterocycles. The molecule has 0 aliphatic heterocycles. The quantitative estimate of drug-likeness (QED) is 0.644. The summed E-state index contributed by atoms with van der Waals surface area (Å²) in [5.74, 6) is -0.860. The van der Waals surface area contributed by atoms with Crippen molar-refractivity contribution in [2.75, 3.05) is 25.5 Å². The van der Waals surface area contributed by atoms with Gasteiger partial charge in [-0.25, -0.2) is 0 Å². The zero-order valence-electron chi connectivity index (χ0n) is 12.4.